The average molecular weight is 501 g/mol. The van der Waals surface area contributed by atoms with Crippen LogP contribution in [0.15, 0.2) is 52.2 Å². The number of nitrogens with one attached hydrogen (secondary N) is 1. The fourth-order valence-corrected chi connectivity index (χ4v) is 4.35. The molecule has 1 saturated heterocycles. The highest BCUT2D eigenvalue weighted by molar-refractivity contribution is 7.36. The average Bonchev–Trinajstić information content (AvgIpc) is 3.04. The van der Waals surface area contributed by atoms with E-state index in [2.05, 4.69) is 4.74 Å². The van der Waals surface area contributed by atoms with E-state index in [0.717, 1.165) is 35.7 Å². The lowest BCUT2D eigenvalue weighted by Crippen LogP contribution is -2.43. The van der Waals surface area contributed by atoms with E-state index in [4.69, 9.17) is 14.1 Å². The van der Waals surface area contributed by atoms with E-state index in [-0.39, 0.29) is 5.75 Å². The van der Waals surface area contributed by atoms with E-state index < -0.39 is 62.2 Å². The van der Waals surface area contributed by atoms with Crippen LogP contribution in [0.2, 0.25) is 0 Å². The molecule has 14 heteroatoms. The van der Waals surface area contributed by atoms with Gasteiger partial charge in [-0.15, -0.1) is 0 Å². The molecule has 1 fully saturated rings. The Morgan fingerprint density at radius 3 is 2.65 bits per heavy atom. The van der Waals surface area contributed by atoms with Crippen LogP contribution in [0.1, 0.15) is 20.1 Å². The number of aliphatic hydroxyl groups excluding tert-OH is 1. The third-order valence-corrected chi connectivity index (χ3v) is 6.46. The number of ether oxygens (including phenoxy) is 2. The highest BCUT2D eigenvalue weighted by Gasteiger charge is 2.55. The molecule has 3 rings (SSSR count). The van der Waals surface area contributed by atoms with Crippen LogP contribution < -0.4 is 16.1 Å². The quantitative estimate of drug-likeness (QED) is 0.287. The molecule has 2 N–H and O–H groups in total. The number of aliphatic hydroxyl groups is 1. The van der Waals surface area contributed by atoms with Gasteiger partial charge in [0, 0.05) is 12.3 Å². The Hall–Kier alpha value is -2.83. The number of methoxy groups -OCH3 is 1. The van der Waals surface area contributed by atoms with Gasteiger partial charge in [0.15, 0.2) is 11.9 Å². The number of H-pyrrole nitrogens is 1. The van der Waals surface area contributed by atoms with Gasteiger partial charge in [0.25, 0.3) is 13.7 Å². The van der Waals surface area contributed by atoms with Crippen molar-refractivity contribution < 1.29 is 37.7 Å². The summed E-state index contributed by atoms with van der Waals surface area (Å²) in [6, 6.07) is 8.06. The number of benzene rings is 1. The minimum absolute atomic E-state index is 0.270. The zero-order valence-corrected chi connectivity index (χ0v) is 19.5. The lowest BCUT2D eigenvalue weighted by atomic mass is 9.98. The zero-order chi connectivity index (χ0) is 25.0. The minimum Gasteiger partial charge on any atom is -0.468 e. The van der Waals surface area contributed by atoms with Crippen LogP contribution >= 0.6 is 8.18 Å². The van der Waals surface area contributed by atoms with Gasteiger partial charge in [-0.1, -0.05) is 23.0 Å². The highest BCUT2D eigenvalue weighted by Crippen LogP contribution is 2.42. The van der Waals surface area contributed by atoms with E-state index >= 15 is 4.39 Å². The van der Waals surface area contributed by atoms with Crippen molar-refractivity contribution in [3.63, 3.8) is 0 Å². The van der Waals surface area contributed by atoms with Gasteiger partial charge in [-0.3, -0.25) is 23.7 Å². The maximum atomic E-state index is 15.3. The molecule has 1 aromatic heterocycles. The van der Waals surface area contributed by atoms with Crippen molar-refractivity contribution in [1.82, 2.24) is 14.4 Å². The first-order valence-corrected chi connectivity index (χ1v) is 11.4. The SMILES string of the molecule is COC(=O)C(C)N(Oc1ccccc1)[PH](=O)OC[C@H]1O[C@@H](n2ccc(=O)[nH]c2=O)[C@](C)(F)[C@@H]1O. The smallest absolute Gasteiger partial charge is 0.330 e. The Kier molecular flexibility index (Phi) is 8.05. The normalized spacial score (nSPS) is 26.2. The number of hydrogen-bond donors (Lipinski definition) is 2. The predicted molar refractivity (Wildman–Crippen MR) is 116 cm³/mol. The first-order chi connectivity index (χ1) is 16.1. The van der Waals surface area contributed by atoms with E-state index in [9.17, 15) is 24.1 Å². The molecule has 2 heterocycles. The molecule has 186 valence electrons. The highest BCUT2D eigenvalue weighted by atomic mass is 31.1. The molecule has 34 heavy (non-hydrogen) atoms. The van der Waals surface area contributed by atoms with Gasteiger partial charge in [0.05, 0.1) is 13.7 Å². The maximum Gasteiger partial charge on any atom is 0.330 e. The molecule has 0 amide bonds. The molecule has 1 aliphatic rings. The van der Waals surface area contributed by atoms with E-state index in [0.29, 0.717) is 0 Å². The van der Waals surface area contributed by atoms with Crippen molar-refractivity contribution in [2.24, 2.45) is 0 Å². The summed E-state index contributed by atoms with van der Waals surface area (Å²) >= 11 is 0. The molecule has 0 spiro atoms. The fourth-order valence-electron chi connectivity index (χ4n) is 3.32. The number of hydroxylamine groups is 1. The second-order valence-corrected chi connectivity index (χ2v) is 8.91. The Balaban J connectivity index is 1.75. The van der Waals surface area contributed by atoms with E-state index in [1.165, 1.54) is 6.92 Å². The van der Waals surface area contributed by atoms with Crippen LogP contribution in [-0.2, 0) is 23.4 Å². The summed E-state index contributed by atoms with van der Waals surface area (Å²) in [6.07, 6.45) is -3.66. The molecular weight excluding hydrogens is 476 g/mol. The standard InChI is InChI=1S/C20H25FN3O9P/c1-12(17(27)30-3)24(33-13-7-5-4-6-8-13)34(29)31-11-14-16(26)20(2,21)18(32-14)23-10-9-15(25)22-19(23)28/h4-10,12,14,16,18,26,34H,11H2,1-3H3,(H,22,25,28)/t12?,14-,16-,18-,20-/m1/s1. The molecule has 0 radical (unpaired) electrons. The number of esters is 1. The van der Waals surface area contributed by atoms with Crippen molar-refractivity contribution in [2.45, 2.75) is 44.0 Å². The molecule has 2 unspecified atom stereocenters. The lowest BCUT2D eigenvalue weighted by molar-refractivity contribution is -0.152. The van der Waals surface area contributed by atoms with Crippen molar-refractivity contribution in [1.29, 1.82) is 0 Å². The third-order valence-electron chi connectivity index (χ3n) is 5.21. The summed E-state index contributed by atoms with van der Waals surface area (Å²) in [6.45, 7) is 1.85. The van der Waals surface area contributed by atoms with Crippen molar-refractivity contribution in [3.05, 3.63) is 63.4 Å². The van der Waals surface area contributed by atoms with Gasteiger partial charge >= 0.3 is 11.7 Å². The largest absolute Gasteiger partial charge is 0.468 e. The number of hydrogen-bond acceptors (Lipinski definition) is 9. The van der Waals surface area contributed by atoms with Crippen LogP contribution in [0.25, 0.3) is 0 Å². The van der Waals surface area contributed by atoms with E-state index in [1.807, 2.05) is 4.98 Å². The van der Waals surface area contributed by atoms with Gasteiger partial charge < -0.3 is 23.9 Å². The summed E-state index contributed by atoms with van der Waals surface area (Å²) in [4.78, 5) is 43.7. The van der Waals surface area contributed by atoms with Crippen molar-refractivity contribution in [2.75, 3.05) is 13.7 Å². The number of carbonyl (C=O) groups excluding carboxylic acids is 1. The molecule has 1 aliphatic heterocycles. The maximum absolute atomic E-state index is 15.3. The number of nitrogens with zero attached hydrogens (tertiary/aromatic N) is 2. The van der Waals surface area contributed by atoms with Crippen LogP contribution in [0.3, 0.4) is 0 Å². The second-order valence-electron chi connectivity index (χ2n) is 7.65. The topological polar surface area (TPSA) is 149 Å². The molecule has 0 saturated carbocycles. The second kappa shape index (κ2) is 10.6. The minimum atomic E-state index is -3.29. The van der Waals surface area contributed by atoms with Gasteiger partial charge in [0.1, 0.15) is 24.0 Å². The van der Waals surface area contributed by atoms with Gasteiger partial charge in [-0.2, -0.15) is 0 Å². The predicted octanol–water partition coefficient (Wildman–Crippen LogP) is 0.787. The third kappa shape index (κ3) is 5.45. The van der Waals surface area contributed by atoms with Crippen LogP contribution in [0, 0.1) is 0 Å². The molecule has 0 bridgehead atoms. The Morgan fingerprint density at radius 1 is 1.35 bits per heavy atom. The summed E-state index contributed by atoms with van der Waals surface area (Å²) in [7, 11) is -2.14. The van der Waals surface area contributed by atoms with E-state index in [1.54, 1.807) is 30.3 Å². The fraction of sp³-hybridized carbons (Fsp3) is 0.450. The number of aromatic nitrogens is 2. The van der Waals surface area contributed by atoms with Crippen LogP contribution in [0.4, 0.5) is 4.39 Å². The van der Waals surface area contributed by atoms with Crippen molar-refractivity contribution >= 4 is 14.1 Å². The Labute approximate surface area is 193 Å². The monoisotopic (exact) mass is 501 g/mol. The molecule has 1 aromatic carbocycles. The van der Waals surface area contributed by atoms with Crippen LogP contribution in [0.5, 0.6) is 5.75 Å². The molecule has 12 nitrogen and oxygen atoms in total. The number of rotatable bonds is 9. The molecule has 0 aliphatic carbocycles. The summed E-state index contributed by atoms with van der Waals surface area (Å²) < 4.78 is 44.5. The summed E-state index contributed by atoms with van der Waals surface area (Å²) in [5.41, 5.74) is -4.07. The van der Waals surface area contributed by atoms with Gasteiger partial charge in [-0.05, 0) is 26.0 Å². The van der Waals surface area contributed by atoms with Gasteiger partial charge in [-0.25, -0.2) is 9.18 Å². The van der Waals surface area contributed by atoms with Gasteiger partial charge in [0.2, 0.25) is 0 Å². The molecule has 6 atom stereocenters. The number of carbonyl (C=O) groups is 1. The number of halogens is 1. The number of para-hydroxylation sites is 1. The molecule has 2 aromatic rings. The Bertz CT molecular complexity index is 1140. The number of aromatic amines is 1. The summed E-state index contributed by atoms with van der Waals surface area (Å²) in [5, 5.41) is 10.4. The molecular formula is C20H25FN3O9P. The Morgan fingerprint density at radius 2 is 2.03 bits per heavy atom. The van der Waals surface area contributed by atoms with Crippen molar-refractivity contribution in [3.8, 4) is 5.75 Å². The summed E-state index contributed by atoms with van der Waals surface area (Å²) in [5.74, 6) is -0.477. The zero-order valence-electron chi connectivity index (χ0n) is 18.5. The first-order valence-electron chi connectivity index (χ1n) is 10.2. The first kappa shape index (κ1) is 25.8. The lowest BCUT2D eigenvalue weighted by Gasteiger charge is -2.26. The number of alkyl halides is 1. The van der Waals surface area contributed by atoms with Crippen LogP contribution in [-0.4, -0.2) is 63.1 Å².